The van der Waals surface area contributed by atoms with Gasteiger partial charge in [-0.25, -0.2) is 9.97 Å². The normalized spacial score (nSPS) is 24.1. The molecule has 4 aliphatic heterocycles. The van der Waals surface area contributed by atoms with Crippen molar-refractivity contribution in [3.8, 4) is 0 Å². The first-order chi connectivity index (χ1) is 31.5. The standard InChI is InChI=1S/2C25H30N6O.2CH4/c2*32-23-20-14-18-15-27-24(29-19-10-7-13-26-21(19)17-8-3-1-4-9-17)30-22(18)31(20)25(16-28-23)11-5-2-6-12-25;;/h2*1,3-4,8-9,14-15,19,21,26H,2,5-7,10-13,16H2,(H,28,32)(H,27,29,30);2*1H4/t19-,21+;19-,21-;;/m01../s1. The van der Waals surface area contributed by atoms with Gasteiger partial charge in [-0.15, -0.1) is 0 Å². The zero-order valence-electron chi connectivity index (χ0n) is 36.6. The van der Waals surface area contributed by atoms with Crippen LogP contribution in [0, 0.1) is 0 Å². The quantitative estimate of drug-likeness (QED) is 0.0952. The molecule has 4 fully saturated rings. The van der Waals surface area contributed by atoms with Gasteiger partial charge >= 0.3 is 0 Å². The number of piperidine rings is 2. The van der Waals surface area contributed by atoms with Crippen LogP contribution in [-0.4, -0.2) is 79.1 Å². The minimum absolute atomic E-state index is 0. The van der Waals surface area contributed by atoms with Gasteiger partial charge in [-0.1, -0.05) is 114 Å². The van der Waals surface area contributed by atoms with Gasteiger partial charge in [0.05, 0.1) is 23.2 Å². The molecular weight excluding hydrogens is 825 g/mol. The summed E-state index contributed by atoms with van der Waals surface area (Å²) in [5.74, 6) is 1.28. The number of carbonyl (C=O) groups excluding carboxylic acids is 2. The molecule has 0 radical (unpaired) electrons. The van der Waals surface area contributed by atoms with Crippen molar-refractivity contribution in [1.82, 2.24) is 50.3 Å². The molecule has 2 amide bonds. The molecule has 8 heterocycles. The number of rotatable bonds is 6. The molecule has 6 N–H and O–H groups in total. The number of amides is 2. The number of hydrogen-bond acceptors (Lipinski definition) is 10. The predicted molar refractivity (Wildman–Crippen MR) is 263 cm³/mol. The summed E-state index contributed by atoms with van der Waals surface area (Å²) in [6.07, 6.45) is 19.7. The third kappa shape index (κ3) is 8.42. The van der Waals surface area contributed by atoms with Crippen molar-refractivity contribution in [1.29, 1.82) is 0 Å². The fourth-order valence-corrected chi connectivity index (χ4v) is 11.9. The van der Waals surface area contributed by atoms with Crippen LogP contribution in [0.25, 0.3) is 22.1 Å². The summed E-state index contributed by atoms with van der Waals surface area (Å²) in [4.78, 5) is 44.6. The van der Waals surface area contributed by atoms with Crippen molar-refractivity contribution in [2.24, 2.45) is 0 Å². The van der Waals surface area contributed by atoms with Crippen LogP contribution in [0.1, 0.15) is 149 Å². The van der Waals surface area contributed by atoms with Crippen LogP contribution in [-0.2, 0) is 11.1 Å². The maximum atomic E-state index is 12.7. The number of carbonyl (C=O) groups is 2. The highest BCUT2D eigenvalue weighted by Gasteiger charge is 2.43. The van der Waals surface area contributed by atoms with Gasteiger partial charge in [-0.2, -0.15) is 9.97 Å². The maximum Gasteiger partial charge on any atom is 0.268 e. The second-order valence-electron chi connectivity index (χ2n) is 19.1. The lowest BCUT2D eigenvalue weighted by atomic mass is 9.80. The molecule has 2 saturated heterocycles. The molecule has 14 nitrogen and oxygen atoms in total. The molecule has 4 aromatic heterocycles. The van der Waals surface area contributed by atoms with Crippen LogP contribution in [0.2, 0.25) is 0 Å². The van der Waals surface area contributed by atoms with Crippen molar-refractivity contribution >= 4 is 45.8 Å². The van der Waals surface area contributed by atoms with E-state index in [1.165, 1.54) is 49.7 Å². The summed E-state index contributed by atoms with van der Waals surface area (Å²) in [7, 11) is 0. The number of aromatic nitrogens is 6. The molecule has 0 bridgehead atoms. The lowest BCUT2D eigenvalue weighted by Gasteiger charge is -2.43. The molecule has 6 aromatic rings. The van der Waals surface area contributed by atoms with Crippen molar-refractivity contribution in [3.63, 3.8) is 0 Å². The predicted octanol–water partition coefficient (Wildman–Crippen LogP) is 8.75. The fraction of sp³-hybridized carbons (Fsp3) is 0.500. The topological polar surface area (TPSA) is 168 Å². The minimum atomic E-state index is -0.0617. The van der Waals surface area contributed by atoms with Crippen molar-refractivity contribution in [2.75, 3.05) is 36.8 Å². The summed E-state index contributed by atoms with van der Waals surface area (Å²) in [5.41, 5.74) is 5.65. The molecule has 2 aromatic carbocycles. The first-order valence-corrected chi connectivity index (χ1v) is 23.9. The molecular formula is C52H68N12O2. The highest BCUT2D eigenvalue weighted by Crippen LogP contribution is 2.42. The van der Waals surface area contributed by atoms with Crippen LogP contribution >= 0.6 is 0 Å². The Morgan fingerprint density at radius 3 is 1.36 bits per heavy atom. The zero-order chi connectivity index (χ0) is 43.1. The first kappa shape index (κ1) is 45.3. The molecule has 348 valence electrons. The summed E-state index contributed by atoms with van der Waals surface area (Å²) in [6.45, 7) is 3.42. The molecule has 66 heavy (non-hydrogen) atoms. The second kappa shape index (κ2) is 19.2. The van der Waals surface area contributed by atoms with Gasteiger partial charge < -0.3 is 41.0 Å². The van der Waals surface area contributed by atoms with Crippen molar-refractivity contribution in [2.45, 2.75) is 140 Å². The largest absolute Gasteiger partial charge is 0.350 e. The van der Waals surface area contributed by atoms with Gasteiger partial charge in [0, 0.05) is 48.3 Å². The monoisotopic (exact) mass is 893 g/mol. The Balaban J connectivity index is 0.000000161. The van der Waals surface area contributed by atoms with Crippen LogP contribution < -0.4 is 31.9 Å². The van der Waals surface area contributed by atoms with E-state index in [2.05, 4.69) is 112 Å². The van der Waals surface area contributed by atoms with E-state index in [0.29, 0.717) is 25.0 Å². The molecule has 4 atom stereocenters. The Kier molecular flexibility index (Phi) is 13.2. The Morgan fingerprint density at radius 1 is 0.545 bits per heavy atom. The highest BCUT2D eigenvalue weighted by atomic mass is 16.2. The second-order valence-corrected chi connectivity index (χ2v) is 19.1. The van der Waals surface area contributed by atoms with E-state index >= 15 is 0 Å². The number of nitrogens with one attached hydrogen (secondary N) is 6. The molecule has 6 aliphatic rings. The lowest BCUT2D eigenvalue weighted by molar-refractivity contribution is 0.0828. The summed E-state index contributed by atoms with van der Waals surface area (Å²) < 4.78 is 4.47. The van der Waals surface area contributed by atoms with Gasteiger partial charge in [0.1, 0.15) is 22.7 Å². The Morgan fingerprint density at radius 2 is 0.955 bits per heavy atom. The van der Waals surface area contributed by atoms with E-state index in [1.807, 2.05) is 24.5 Å². The maximum absolute atomic E-state index is 12.7. The van der Waals surface area contributed by atoms with Crippen LogP contribution in [0.5, 0.6) is 0 Å². The van der Waals surface area contributed by atoms with Gasteiger partial charge in [-0.3, -0.25) is 9.59 Å². The number of nitrogens with zero attached hydrogens (tertiary/aromatic N) is 6. The summed E-state index contributed by atoms with van der Waals surface area (Å²) >= 11 is 0. The Labute approximate surface area is 389 Å². The summed E-state index contributed by atoms with van der Waals surface area (Å²) in [6, 6.07) is 26.0. The number of anilines is 2. The molecule has 2 saturated carbocycles. The zero-order valence-corrected chi connectivity index (χ0v) is 36.6. The first-order valence-electron chi connectivity index (χ1n) is 23.9. The van der Waals surface area contributed by atoms with Gasteiger partial charge in [0.15, 0.2) is 0 Å². The summed E-state index contributed by atoms with van der Waals surface area (Å²) in [5, 5.41) is 22.7. The van der Waals surface area contributed by atoms with Crippen LogP contribution in [0.3, 0.4) is 0 Å². The third-order valence-electron chi connectivity index (χ3n) is 15.1. The van der Waals surface area contributed by atoms with Crippen LogP contribution in [0.15, 0.2) is 85.2 Å². The average molecular weight is 893 g/mol. The molecule has 2 spiro atoms. The van der Waals surface area contributed by atoms with Crippen molar-refractivity contribution < 1.29 is 9.59 Å². The van der Waals surface area contributed by atoms with E-state index in [9.17, 15) is 9.59 Å². The molecule has 14 heteroatoms. The number of benzene rings is 2. The molecule has 0 unspecified atom stereocenters. The van der Waals surface area contributed by atoms with E-state index in [1.54, 1.807) is 0 Å². The number of fused-ring (bicyclic) bond motifs is 8. The molecule has 12 rings (SSSR count). The van der Waals surface area contributed by atoms with Gasteiger partial charge in [-0.05, 0) is 87.7 Å². The Hall–Kier alpha value is -5.86. The smallest absolute Gasteiger partial charge is 0.268 e. The third-order valence-corrected chi connectivity index (χ3v) is 15.1. The fourth-order valence-electron chi connectivity index (χ4n) is 11.9. The number of hydrogen-bond donors (Lipinski definition) is 6. The minimum Gasteiger partial charge on any atom is -0.350 e. The van der Waals surface area contributed by atoms with E-state index in [-0.39, 0.29) is 61.9 Å². The van der Waals surface area contributed by atoms with E-state index < -0.39 is 0 Å². The van der Waals surface area contributed by atoms with E-state index in [4.69, 9.17) is 9.97 Å². The average Bonchev–Trinajstić information content (AvgIpc) is 3.95. The van der Waals surface area contributed by atoms with Crippen molar-refractivity contribution in [3.05, 3.63) is 108 Å². The highest BCUT2D eigenvalue weighted by molar-refractivity contribution is 6.00. The van der Waals surface area contributed by atoms with E-state index in [0.717, 1.165) is 97.9 Å². The SMILES string of the molecule is C.C.O=C1NCC2(CCCCC2)n2c1cc1cnc(N[C@@H]3CCCN[C@@H]3c3ccccc3)nc12.O=C1NCC2(CCCCC2)n2c1cc1cnc(N[C@H]3CCCN[C@@H]3c3ccccc3)nc12. The molecule has 2 aliphatic carbocycles. The Bertz CT molecular complexity index is 2450. The van der Waals surface area contributed by atoms with Crippen LogP contribution in [0.4, 0.5) is 11.9 Å². The lowest BCUT2D eigenvalue weighted by Crippen LogP contribution is -2.52. The van der Waals surface area contributed by atoms with Gasteiger partial charge in [0.25, 0.3) is 11.8 Å². The van der Waals surface area contributed by atoms with Gasteiger partial charge in [0.2, 0.25) is 11.9 Å².